The fourth-order valence-electron chi connectivity index (χ4n) is 1.99. The molecule has 0 aliphatic carbocycles. The van der Waals surface area contributed by atoms with Gasteiger partial charge in [0.2, 0.25) is 0 Å². The molecule has 5 heteroatoms. The summed E-state index contributed by atoms with van der Waals surface area (Å²) in [6.07, 6.45) is 3.52. The van der Waals surface area contributed by atoms with Crippen LogP contribution in [0.4, 0.5) is 0 Å². The quantitative estimate of drug-likeness (QED) is 0.733. The Labute approximate surface area is 141 Å². The minimum absolute atomic E-state index is 0.00762. The first-order valence-corrected chi connectivity index (χ1v) is 8.22. The lowest BCUT2D eigenvalue weighted by atomic mass is 10.1. The minimum Gasteiger partial charge on any atom is -0.332 e. The van der Waals surface area contributed by atoms with Crippen LogP contribution in [0.15, 0.2) is 51.7 Å². The van der Waals surface area contributed by atoms with E-state index in [-0.39, 0.29) is 11.9 Å². The second-order valence-electron chi connectivity index (χ2n) is 5.01. The van der Waals surface area contributed by atoms with Gasteiger partial charge in [0.25, 0.3) is 5.91 Å². The van der Waals surface area contributed by atoms with Crippen molar-refractivity contribution in [1.82, 2.24) is 9.88 Å². The van der Waals surface area contributed by atoms with Crippen LogP contribution in [-0.2, 0) is 6.54 Å². The van der Waals surface area contributed by atoms with Crippen molar-refractivity contribution in [3.63, 3.8) is 0 Å². The van der Waals surface area contributed by atoms with Gasteiger partial charge in [-0.1, -0.05) is 22.0 Å². The van der Waals surface area contributed by atoms with Gasteiger partial charge in [-0.25, -0.2) is 0 Å². The lowest BCUT2D eigenvalue weighted by molar-refractivity contribution is 0.0689. The minimum atomic E-state index is 0.00762. The van der Waals surface area contributed by atoms with E-state index in [2.05, 4.69) is 36.8 Å². The summed E-state index contributed by atoms with van der Waals surface area (Å²) in [5, 5.41) is 0. The first-order chi connectivity index (χ1) is 9.99. The van der Waals surface area contributed by atoms with Gasteiger partial charge in [-0.05, 0) is 59.6 Å². The van der Waals surface area contributed by atoms with Crippen LogP contribution in [0.1, 0.15) is 29.8 Å². The van der Waals surface area contributed by atoms with E-state index < -0.39 is 0 Å². The molecule has 2 rings (SSSR count). The predicted octanol–water partition coefficient (Wildman–Crippen LogP) is 4.66. The van der Waals surface area contributed by atoms with E-state index in [0.717, 1.165) is 14.5 Å². The molecule has 1 heterocycles. The lowest BCUT2D eigenvalue weighted by Crippen LogP contribution is -2.36. The summed E-state index contributed by atoms with van der Waals surface area (Å²) >= 11 is 6.86. The standard InChI is InChI=1S/C16H16Br2N2O/c1-11(2)20(10-12-4-3-7-19-9-12)16(21)14-6-5-13(17)8-15(14)18/h3-9,11H,10H2,1-2H3. The van der Waals surface area contributed by atoms with Crippen LogP contribution in [-0.4, -0.2) is 21.8 Å². The number of hydrogen-bond donors (Lipinski definition) is 0. The van der Waals surface area contributed by atoms with Crippen molar-refractivity contribution in [2.45, 2.75) is 26.4 Å². The molecule has 0 unspecified atom stereocenters. The lowest BCUT2D eigenvalue weighted by Gasteiger charge is -2.27. The second-order valence-corrected chi connectivity index (χ2v) is 6.78. The van der Waals surface area contributed by atoms with Crippen molar-refractivity contribution < 1.29 is 4.79 Å². The maximum Gasteiger partial charge on any atom is 0.255 e. The van der Waals surface area contributed by atoms with Gasteiger partial charge in [0, 0.05) is 33.9 Å². The van der Waals surface area contributed by atoms with Crippen molar-refractivity contribution in [2.75, 3.05) is 0 Å². The fourth-order valence-corrected chi connectivity index (χ4v) is 3.21. The van der Waals surface area contributed by atoms with Crippen molar-refractivity contribution in [2.24, 2.45) is 0 Å². The Bertz CT molecular complexity index is 629. The molecule has 0 saturated heterocycles. The van der Waals surface area contributed by atoms with Gasteiger partial charge >= 0.3 is 0 Å². The van der Waals surface area contributed by atoms with E-state index in [4.69, 9.17) is 0 Å². The topological polar surface area (TPSA) is 33.2 Å². The fraction of sp³-hybridized carbons (Fsp3) is 0.250. The van der Waals surface area contributed by atoms with E-state index in [1.165, 1.54) is 0 Å². The van der Waals surface area contributed by atoms with Gasteiger partial charge in [0.05, 0.1) is 5.56 Å². The van der Waals surface area contributed by atoms with Gasteiger partial charge in [-0.3, -0.25) is 9.78 Å². The molecule has 1 aromatic carbocycles. The Morgan fingerprint density at radius 1 is 1.29 bits per heavy atom. The number of rotatable bonds is 4. The number of hydrogen-bond acceptors (Lipinski definition) is 2. The Kier molecular flexibility index (Phi) is 5.53. The number of benzene rings is 1. The van der Waals surface area contributed by atoms with E-state index in [9.17, 15) is 4.79 Å². The highest BCUT2D eigenvalue weighted by Crippen LogP contribution is 2.24. The van der Waals surface area contributed by atoms with Gasteiger partial charge in [0.15, 0.2) is 0 Å². The molecule has 110 valence electrons. The highest BCUT2D eigenvalue weighted by Gasteiger charge is 2.21. The monoisotopic (exact) mass is 410 g/mol. The number of nitrogens with zero attached hydrogens (tertiary/aromatic N) is 2. The number of halogens is 2. The van der Waals surface area contributed by atoms with E-state index in [1.54, 1.807) is 12.4 Å². The average molecular weight is 412 g/mol. The number of pyridine rings is 1. The van der Waals surface area contributed by atoms with Crippen molar-refractivity contribution in [1.29, 1.82) is 0 Å². The van der Waals surface area contributed by atoms with Crippen molar-refractivity contribution >= 4 is 37.8 Å². The molecule has 0 aliphatic rings. The molecule has 0 bridgehead atoms. The first kappa shape index (κ1) is 16.2. The summed E-state index contributed by atoms with van der Waals surface area (Å²) in [4.78, 5) is 18.7. The van der Waals surface area contributed by atoms with Crippen LogP contribution < -0.4 is 0 Å². The molecular formula is C16H16Br2N2O. The molecule has 0 radical (unpaired) electrons. The van der Waals surface area contributed by atoms with Crippen molar-refractivity contribution in [3.05, 3.63) is 62.8 Å². The van der Waals surface area contributed by atoms with E-state index in [0.29, 0.717) is 12.1 Å². The molecule has 3 nitrogen and oxygen atoms in total. The zero-order valence-electron chi connectivity index (χ0n) is 11.9. The molecule has 1 amide bonds. The van der Waals surface area contributed by atoms with Crippen LogP contribution in [0.3, 0.4) is 0 Å². The van der Waals surface area contributed by atoms with E-state index in [1.807, 2.05) is 49.1 Å². The first-order valence-electron chi connectivity index (χ1n) is 6.64. The summed E-state index contributed by atoms with van der Waals surface area (Å²) in [5.41, 5.74) is 1.68. The maximum atomic E-state index is 12.8. The molecular weight excluding hydrogens is 396 g/mol. The predicted molar refractivity (Wildman–Crippen MR) is 91.1 cm³/mol. The maximum absolute atomic E-state index is 12.8. The van der Waals surface area contributed by atoms with Crippen LogP contribution in [0.5, 0.6) is 0 Å². The van der Waals surface area contributed by atoms with Crippen LogP contribution in [0.2, 0.25) is 0 Å². The van der Waals surface area contributed by atoms with E-state index >= 15 is 0 Å². The van der Waals surface area contributed by atoms with Crippen LogP contribution >= 0.6 is 31.9 Å². The van der Waals surface area contributed by atoms with Crippen molar-refractivity contribution in [3.8, 4) is 0 Å². The Balaban J connectivity index is 2.27. The highest BCUT2D eigenvalue weighted by atomic mass is 79.9. The molecule has 0 atom stereocenters. The number of carbonyl (C=O) groups is 1. The summed E-state index contributed by atoms with van der Waals surface area (Å²) < 4.78 is 1.73. The second kappa shape index (κ2) is 7.18. The largest absolute Gasteiger partial charge is 0.332 e. The Morgan fingerprint density at radius 3 is 2.62 bits per heavy atom. The SMILES string of the molecule is CC(C)N(Cc1cccnc1)C(=O)c1ccc(Br)cc1Br. The highest BCUT2D eigenvalue weighted by molar-refractivity contribution is 9.11. The average Bonchev–Trinajstić information content (AvgIpc) is 2.45. The third-order valence-corrected chi connectivity index (χ3v) is 4.27. The molecule has 2 aromatic rings. The summed E-state index contributed by atoms with van der Waals surface area (Å²) in [6, 6.07) is 9.55. The Hall–Kier alpha value is -1.20. The number of carbonyl (C=O) groups excluding carboxylic acids is 1. The van der Waals surface area contributed by atoms with Crippen LogP contribution in [0, 0.1) is 0 Å². The molecule has 21 heavy (non-hydrogen) atoms. The molecule has 0 spiro atoms. The van der Waals surface area contributed by atoms with Gasteiger partial charge < -0.3 is 4.90 Å². The third-order valence-electron chi connectivity index (χ3n) is 3.12. The summed E-state index contributed by atoms with van der Waals surface area (Å²) in [7, 11) is 0. The smallest absolute Gasteiger partial charge is 0.255 e. The normalized spacial score (nSPS) is 10.7. The van der Waals surface area contributed by atoms with Gasteiger partial charge in [-0.15, -0.1) is 0 Å². The molecule has 0 N–H and O–H groups in total. The number of aromatic nitrogens is 1. The van der Waals surface area contributed by atoms with Gasteiger partial charge in [-0.2, -0.15) is 0 Å². The van der Waals surface area contributed by atoms with Gasteiger partial charge in [0.1, 0.15) is 0 Å². The molecule has 0 fully saturated rings. The zero-order chi connectivity index (χ0) is 15.4. The molecule has 0 saturated carbocycles. The Morgan fingerprint density at radius 2 is 2.05 bits per heavy atom. The molecule has 0 aliphatic heterocycles. The molecule has 1 aromatic heterocycles. The third kappa shape index (κ3) is 4.14. The zero-order valence-corrected chi connectivity index (χ0v) is 15.1. The number of amides is 1. The summed E-state index contributed by atoms with van der Waals surface area (Å²) in [6.45, 7) is 4.58. The van der Waals surface area contributed by atoms with Crippen LogP contribution in [0.25, 0.3) is 0 Å². The summed E-state index contributed by atoms with van der Waals surface area (Å²) in [5.74, 6) is 0.00762.